The number of hydrogen-bond acceptors (Lipinski definition) is 3. The van der Waals surface area contributed by atoms with Gasteiger partial charge in [0.25, 0.3) is 0 Å². The summed E-state index contributed by atoms with van der Waals surface area (Å²) in [4.78, 5) is 18.8. The number of aryl methyl sites for hydroxylation is 1. The van der Waals surface area contributed by atoms with Crippen LogP contribution in [0.5, 0.6) is 0 Å². The van der Waals surface area contributed by atoms with Crippen LogP contribution in [0.25, 0.3) is 5.70 Å². The topological polar surface area (TPSA) is 50.2 Å². The Morgan fingerprint density at radius 1 is 1.36 bits per heavy atom. The van der Waals surface area contributed by atoms with E-state index in [0.29, 0.717) is 6.42 Å². The molecule has 1 unspecified atom stereocenters. The van der Waals surface area contributed by atoms with Crippen LogP contribution in [0.15, 0.2) is 67.7 Å². The maximum atomic E-state index is 12.3. The molecule has 2 rings (SSSR count). The summed E-state index contributed by atoms with van der Waals surface area (Å²) in [6, 6.07) is 0.196. The van der Waals surface area contributed by atoms with Crippen molar-refractivity contribution < 1.29 is 4.79 Å². The molecule has 1 fully saturated rings. The number of allylic oxidation sites excluding steroid dienone is 5. The maximum Gasteiger partial charge on any atom is 0.224 e. The van der Waals surface area contributed by atoms with Crippen molar-refractivity contribution in [3.63, 3.8) is 0 Å². The molecule has 0 aliphatic carbocycles. The van der Waals surface area contributed by atoms with E-state index in [1.165, 1.54) is 0 Å². The third kappa shape index (κ3) is 7.53. The second-order valence-corrected chi connectivity index (χ2v) is 7.21. The van der Waals surface area contributed by atoms with E-state index in [1.807, 2.05) is 61.1 Å². The highest BCUT2D eigenvalue weighted by molar-refractivity contribution is 5.78. The number of likely N-dealkylation sites (tertiary alicyclic amines) is 1. The lowest BCUT2D eigenvalue weighted by Crippen LogP contribution is -2.47. The summed E-state index contributed by atoms with van der Waals surface area (Å²) in [5.41, 5.74) is 2.82. The second kappa shape index (κ2) is 11.2. The highest BCUT2D eigenvalue weighted by Gasteiger charge is 2.20. The van der Waals surface area contributed by atoms with Gasteiger partial charge in [-0.1, -0.05) is 43.5 Å². The number of hydrogen-bond donors (Lipinski definition) is 1. The lowest BCUT2D eigenvalue weighted by atomic mass is 10.0. The molecule has 150 valence electrons. The van der Waals surface area contributed by atoms with E-state index in [1.54, 1.807) is 6.33 Å². The van der Waals surface area contributed by atoms with E-state index >= 15 is 0 Å². The van der Waals surface area contributed by atoms with Crippen molar-refractivity contribution in [2.24, 2.45) is 0 Å². The fourth-order valence-electron chi connectivity index (χ4n) is 3.21. The largest absolute Gasteiger partial charge is 0.352 e. The smallest absolute Gasteiger partial charge is 0.224 e. The molecular weight excluding hydrogens is 348 g/mol. The van der Waals surface area contributed by atoms with Gasteiger partial charge in [-0.05, 0) is 44.9 Å². The van der Waals surface area contributed by atoms with E-state index in [-0.39, 0.29) is 11.9 Å². The zero-order valence-electron chi connectivity index (χ0n) is 17.1. The van der Waals surface area contributed by atoms with E-state index in [0.717, 1.165) is 49.4 Å². The molecule has 1 aromatic rings. The van der Waals surface area contributed by atoms with Gasteiger partial charge in [-0.3, -0.25) is 9.69 Å². The number of nitrogens with zero attached hydrogens (tertiary/aromatic N) is 3. The van der Waals surface area contributed by atoms with Crippen molar-refractivity contribution in [2.75, 3.05) is 19.6 Å². The van der Waals surface area contributed by atoms with Crippen LogP contribution in [0.2, 0.25) is 0 Å². The fourth-order valence-corrected chi connectivity index (χ4v) is 3.21. The summed E-state index contributed by atoms with van der Waals surface area (Å²) in [7, 11) is 0. The van der Waals surface area contributed by atoms with Gasteiger partial charge in [-0.15, -0.1) is 0 Å². The monoisotopic (exact) mass is 380 g/mol. The van der Waals surface area contributed by atoms with Crippen LogP contribution in [0, 0.1) is 6.92 Å². The molecule has 1 saturated heterocycles. The summed E-state index contributed by atoms with van der Waals surface area (Å²) in [5, 5.41) is 3.15. The molecule has 5 nitrogen and oxygen atoms in total. The number of imidazole rings is 1. The number of amides is 1. The lowest BCUT2D eigenvalue weighted by molar-refractivity contribution is -0.121. The number of carbonyl (C=O) groups is 1. The van der Waals surface area contributed by atoms with Gasteiger partial charge in [0.2, 0.25) is 5.91 Å². The van der Waals surface area contributed by atoms with Crippen molar-refractivity contribution in [1.82, 2.24) is 19.8 Å². The normalized spacial score (nSPS) is 18.3. The van der Waals surface area contributed by atoms with Gasteiger partial charge in [0.15, 0.2) is 0 Å². The minimum absolute atomic E-state index is 0.0458. The first-order valence-corrected chi connectivity index (χ1v) is 9.83. The molecule has 0 spiro atoms. The van der Waals surface area contributed by atoms with Crippen LogP contribution in [0.1, 0.15) is 31.9 Å². The number of aromatic nitrogens is 2. The van der Waals surface area contributed by atoms with Crippen LogP contribution >= 0.6 is 0 Å². The van der Waals surface area contributed by atoms with E-state index in [4.69, 9.17) is 0 Å². The number of carbonyl (C=O) groups excluding carboxylic acids is 1. The van der Waals surface area contributed by atoms with Crippen LogP contribution in [0.3, 0.4) is 0 Å². The predicted molar refractivity (Wildman–Crippen MR) is 117 cm³/mol. The fraction of sp³-hybridized carbons (Fsp3) is 0.391. The Bertz CT molecular complexity index is 769. The Morgan fingerprint density at radius 2 is 2.18 bits per heavy atom. The first-order valence-electron chi connectivity index (χ1n) is 9.83. The van der Waals surface area contributed by atoms with Crippen LogP contribution in [-0.2, 0) is 4.79 Å². The third-order valence-corrected chi connectivity index (χ3v) is 4.59. The molecule has 28 heavy (non-hydrogen) atoms. The summed E-state index contributed by atoms with van der Waals surface area (Å²) in [5.74, 6) is 0.0458. The number of nitrogens with one attached hydrogen (secondary N) is 1. The van der Waals surface area contributed by atoms with Gasteiger partial charge in [-0.25, -0.2) is 4.98 Å². The quantitative estimate of drug-likeness (QED) is 0.662. The van der Waals surface area contributed by atoms with E-state index in [9.17, 15) is 4.79 Å². The highest BCUT2D eigenvalue weighted by atomic mass is 16.1. The van der Waals surface area contributed by atoms with Crippen molar-refractivity contribution >= 4 is 11.6 Å². The second-order valence-electron chi connectivity index (χ2n) is 7.21. The van der Waals surface area contributed by atoms with Crippen molar-refractivity contribution in [2.45, 2.75) is 39.2 Å². The van der Waals surface area contributed by atoms with E-state index < -0.39 is 0 Å². The Hall–Kier alpha value is -2.66. The molecule has 1 N–H and O–H groups in total. The molecule has 1 aliphatic rings. The molecular formula is C23H32N4O. The summed E-state index contributed by atoms with van der Waals surface area (Å²) in [6.45, 7) is 14.8. The Morgan fingerprint density at radius 3 is 2.89 bits per heavy atom. The first-order chi connectivity index (χ1) is 13.5. The molecule has 1 aliphatic heterocycles. The molecule has 0 bridgehead atoms. The minimum atomic E-state index is 0.0458. The maximum absolute atomic E-state index is 12.3. The van der Waals surface area contributed by atoms with Gasteiger partial charge in [0.05, 0.1) is 12.0 Å². The number of rotatable bonds is 9. The zero-order valence-corrected chi connectivity index (χ0v) is 17.1. The molecule has 1 amide bonds. The standard InChI is InChI=1S/C23H32N4O/c1-5-6-7-10-19(2)15-26-14-9-12-22(17-26)25-23(28)13-8-11-21(4)27-16-20(3)24-18-27/h5-8,10-11,16,18,22H,2,4,9,12-15,17H2,1,3H3,(H,25,28)/b6-5-,10-7-,11-8-. The highest BCUT2D eigenvalue weighted by Crippen LogP contribution is 2.12. The molecule has 0 aromatic carbocycles. The summed E-state index contributed by atoms with van der Waals surface area (Å²) < 4.78 is 1.85. The van der Waals surface area contributed by atoms with Gasteiger partial charge in [0, 0.05) is 37.4 Å². The van der Waals surface area contributed by atoms with Gasteiger partial charge < -0.3 is 9.88 Å². The van der Waals surface area contributed by atoms with Crippen LogP contribution in [0.4, 0.5) is 0 Å². The van der Waals surface area contributed by atoms with E-state index in [2.05, 4.69) is 28.4 Å². The average molecular weight is 381 g/mol. The van der Waals surface area contributed by atoms with Crippen LogP contribution in [-0.4, -0.2) is 46.0 Å². The molecule has 0 saturated carbocycles. The summed E-state index contributed by atoms with van der Waals surface area (Å²) >= 11 is 0. The summed E-state index contributed by atoms with van der Waals surface area (Å²) in [6.07, 6.45) is 17.8. The molecule has 1 atom stereocenters. The zero-order chi connectivity index (χ0) is 20.4. The predicted octanol–water partition coefficient (Wildman–Crippen LogP) is 3.88. The minimum Gasteiger partial charge on any atom is -0.352 e. The van der Waals surface area contributed by atoms with Crippen molar-refractivity contribution in [1.29, 1.82) is 0 Å². The first kappa shape index (κ1) is 21.6. The number of piperidine rings is 1. The van der Waals surface area contributed by atoms with Crippen molar-refractivity contribution in [3.8, 4) is 0 Å². The average Bonchev–Trinajstić information content (AvgIpc) is 3.08. The molecule has 5 heteroatoms. The molecule has 2 heterocycles. The van der Waals surface area contributed by atoms with Crippen LogP contribution < -0.4 is 5.32 Å². The Labute approximate surface area is 168 Å². The van der Waals surface area contributed by atoms with Crippen molar-refractivity contribution in [3.05, 3.63) is 73.4 Å². The van der Waals surface area contributed by atoms with Gasteiger partial charge in [-0.2, -0.15) is 0 Å². The molecule has 1 aromatic heterocycles. The van der Waals surface area contributed by atoms with Gasteiger partial charge >= 0.3 is 0 Å². The van der Waals surface area contributed by atoms with Gasteiger partial charge in [0.1, 0.15) is 0 Å². The SMILES string of the molecule is C=C(/C=C\C=C/C)CN1CCCC(NC(=O)C/C=C\C(=C)n2cnc(C)c2)C1. The Balaban J connectivity index is 1.74. The molecule has 0 radical (unpaired) electrons. The Kier molecular flexibility index (Phi) is 8.69. The lowest BCUT2D eigenvalue weighted by Gasteiger charge is -2.33. The third-order valence-electron chi connectivity index (χ3n) is 4.59.